The fourth-order valence-corrected chi connectivity index (χ4v) is 4.18. The van der Waals surface area contributed by atoms with E-state index >= 15 is 0 Å². The van der Waals surface area contributed by atoms with Crippen molar-refractivity contribution in [3.05, 3.63) is 33.6 Å². The van der Waals surface area contributed by atoms with E-state index in [0.29, 0.717) is 0 Å². The van der Waals surface area contributed by atoms with Crippen LogP contribution in [0.15, 0.2) is 28.1 Å². The molecule has 0 fully saturated rings. The van der Waals surface area contributed by atoms with Crippen molar-refractivity contribution in [2.45, 2.75) is 26.2 Å². The molecule has 0 N–H and O–H groups in total. The van der Waals surface area contributed by atoms with Crippen LogP contribution in [-0.4, -0.2) is 0 Å². The summed E-state index contributed by atoms with van der Waals surface area (Å²) >= 11 is 5.49. The number of hydrogen-bond acceptors (Lipinski definition) is 1. The second-order valence-corrected chi connectivity index (χ2v) is 6.87. The van der Waals surface area contributed by atoms with Crippen LogP contribution in [0.25, 0.3) is 10.1 Å². The third-order valence-electron chi connectivity index (χ3n) is 2.30. The molecule has 0 unspecified atom stereocenters. The van der Waals surface area contributed by atoms with E-state index < -0.39 is 0 Å². The number of hydrogen-bond donors (Lipinski definition) is 0. The lowest BCUT2D eigenvalue weighted by atomic mass is 9.87. The van der Waals surface area contributed by atoms with Gasteiger partial charge in [-0.05, 0) is 38.4 Å². The summed E-state index contributed by atoms with van der Waals surface area (Å²) in [5, 5.41) is 1.39. The summed E-state index contributed by atoms with van der Waals surface area (Å²) in [5.74, 6) is 0. The third-order valence-corrected chi connectivity index (χ3v) is 4.14. The van der Waals surface area contributed by atoms with Crippen molar-refractivity contribution >= 4 is 37.4 Å². The van der Waals surface area contributed by atoms with E-state index in [-0.39, 0.29) is 5.41 Å². The van der Waals surface area contributed by atoms with E-state index in [2.05, 4.69) is 61.0 Å². The van der Waals surface area contributed by atoms with Gasteiger partial charge >= 0.3 is 0 Å². The van der Waals surface area contributed by atoms with E-state index in [1.54, 1.807) is 0 Å². The molecule has 0 radical (unpaired) electrons. The van der Waals surface area contributed by atoms with Gasteiger partial charge in [0, 0.05) is 4.70 Å². The lowest BCUT2D eigenvalue weighted by Crippen LogP contribution is -2.10. The maximum Gasteiger partial charge on any atom is 0.0748 e. The fourth-order valence-electron chi connectivity index (χ4n) is 1.71. The summed E-state index contributed by atoms with van der Waals surface area (Å²) < 4.78 is 2.63. The van der Waals surface area contributed by atoms with Crippen molar-refractivity contribution in [3.63, 3.8) is 0 Å². The normalized spacial score (nSPS) is 12.3. The Balaban J connectivity index is 2.81. The Kier molecular flexibility index (Phi) is 2.44. The van der Waals surface area contributed by atoms with Crippen LogP contribution in [0, 0.1) is 0 Å². The standard InChI is InChI=1S/C12H13BrS/c1-12(2,3)10-8-6-4-5-7-9(8)14-11(10)13/h4-7H,1-3H3. The van der Waals surface area contributed by atoms with Crippen LogP contribution < -0.4 is 0 Å². The summed E-state index contributed by atoms with van der Waals surface area (Å²) in [4.78, 5) is 0. The van der Waals surface area contributed by atoms with Gasteiger partial charge in [0.1, 0.15) is 0 Å². The van der Waals surface area contributed by atoms with Crippen LogP contribution in [0.1, 0.15) is 26.3 Å². The van der Waals surface area contributed by atoms with Gasteiger partial charge in [-0.25, -0.2) is 0 Å². The Morgan fingerprint density at radius 2 is 1.79 bits per heavy atom. The molecule has 0 nitrogen and oxygen atoms in total. The summed E-state index contributed by atoms with van der Waals surface area (Å²) in [6.45, 7) is 6.77. The van der Waals surface area contributed by atoms with Gasteiger partial charge in [0.15, 0.2) is 0 Å². The molecular formula is C12H13BrS. The minimum atomic E-state index is 0.207. The molecular weight excluding hydrogens is 256 g/mol. The lowest BCUT2D eigenvalue weighted by molar-refractivity contribution is 0.595. The maximum absolute atomic E-state index is 3.66. The highest BCUT2D eigenvalue weighted by Crippen LogP contribution is 2.41. The molecule has 1 aromatic heterocycles. The summed E-state index contributed by atoms with van der Waals surface area (Å²) in [5.41, 5.74) is 1.64. The smallest absolute Gasteiger partial charge is 0.0748 e. The van der Waals surface area contributed by atoms with Gasteiger partial charge in [0.25, 0.3) is 0 Å². The molecule has 0 aliphatic carbocycles. The molecule has 1 heterocycles. The van der Waals surface area contributed by atoms with Crippen molar-refractivity contribution in [3.8, 4) is 0 Å². The number of thiophene rings is 1. The van der Waals surface area contributed by atoms with Crippen LogP contribution in [0.5, 0.6) is 0 Å². The van der Waals surface area contributed by atoms with Gasteiger partial charge in [-0.2, -0.15) is 0 Å². The predicted molar refractivity (Wildman–Crippen MR) is 68.2 cm³/mol. The van der Waals surface area contributed by atoms with Crippen molar-refractivity contribution < 1.29 is 0 Å². The summed E-state index contributed by atoms with van der Waals surface area (Å²) in [6.07, 6.45) is 0. The Morgan fingerprint density at radius 1 is 1.14 bits per heavy atom. The van der Waals surface area contributed by atoms with E-state index in [1.807, 2.05) is 11.3 Å². The summed E-state index contributed by atoms with van der Waals surface area (Å²) in [6, 6.07) is 8.59. The Bertz CT molecular complexity index is 463. The Morgan fingerprint density at radius 3 is 2.43 bits per heavy atom. The van der Waals surface area contributed by atoms with Gasteiger partial charge in [0.2, 0.25) is 0 Å². The Labute approximate surface area is 97.1 Å². The molecule has 14 heavy (non-hydrogen) atoms. The molecule has 0 spiro atoms. The fraction of sp³-hybridized carbons (Fsp3) is 0.333. The van der Waals surface area contributed by atoms with E-state index in [0.717, 1.165) is 0 Å². The van der Waals surface area contributed by atoms with Gasteiger partial charge in [-0.3, -0.25) is 0 Å². The molecule has 0 aliphatic heterocycles. The van der Waals surface area contributed by atoms with E-state index in [4.69, 9.17) is 0 Å². The molecule has 0 atom stereocenters. The Hall–Kier alpha value is -0.340. The quantitative estimate of drug-likeness (QED) is 0.634. The topological polar surface area (TPSA) is 0 Å². The van der Waals surface area contributed by atoms with Gasteiger partial charge in [0.05, 0.1) is 3.79 Å². The van der Waals surface area contributed by atoms with Gasteiger partial charge in [-0.1, -0.05) is 39.0 Å². The molecule has 2 rings (SSSR count). The number of rotatable bonds is 0. The zero-order chi connectivity index (χ0) is 10.3. The molecule has 0 saturated heterocycles. The zero-order valence-electron chi connectivity index (χ0n) is 8.60. The summed E-state index contributed by atoms with van der Waals surface area (Å²) in [7, 11) is 0. The maximum atomic E-state index is 3.66. The first-order valence-electron chi connectivity index (χ1n) is 4.67. The number of fused-ring (bicyclic) bond motifs is 1. The number of halogens is 1. The second-order valence-electron chi connectivity index (χ2n) is 4.50. The van der Waals surface area contributed by atoms with Crippen LogP contribution in [0.2, 0.25) is 0 Å². The van der Waals surface area contributed by atoms with Gasteiger partial charge in [-0.15, -0.1) is 11.3 Å². The molecule has 2 heteroatoms. The first-order valence-corrected chi connectivity index (χ1v) is 6.28. The SMILES string of the molecule is CC(C)(C)c1c(Br)sc2ccccc12. The predicted octanol–water partition coefficient (Wildman–Crippen LogP) is 4.96. The van der Waals surface area contributed by atoms with E-state index in [9.17, 15) is 0 Å². The largest absolute Gasteiger partial charge is 0.128 e. The molecule has 0 saturated carbocycles. The average molecular weight is 269 g/mol. The first-order chi connectivity index (χ1) is 6.50. The minimum Gasteiger partial charge on any atom is -0.128 e. The minimum absolute atomic E-state index is 0.207. The van der Waals surface area contributed by atoms with Crippen molar-refractivity contribution in [2.75, 3.05) is 0 Å². The van der Waals surface area contributed by atoms with Crippen molar-refractivity contribution in [1.29, 1.82) is 0 Å². The van der Waals surface area contributed by atoms with Crippen LogP contribution in [-0.2, 0) is 5.41 Å². The molecule has 0 amide bonds. The van der Waals surface area contributed by atoms with E-state index in [1.165, 1.54) is 19.4 Å². The first kappa shape index (κ1) is 10.2. The highest BCUT2D eigenvalue weighted by molar-refractivity contribution is 9.11. The van der Waals surface area contributed by atoms with Crippen molar-refractivity contribution in [2.24, 2.45) is 0 Å². The third kappa shape index (κ3) is 1.61. The molecule has 1 aromatic carbocycles. The molecule has 74 valence electrons. The highest BCUT2D eigenvalue weighted by Gasteiger charge is 2.21. The highest BCUT2D eigenvalue weighted by atomic mass is 79.9. The monoisotopic (exact) mass is 268 g/mol. The zero-order valence-corrected chi connectivity index (χ0v) is 11.0. The molecule has 2 aromatic rings. The second kappa shape index (κ2) is 3.35. The molecule has 0 aliphatic rings. The number of benzene rings is 1. The van der Waals surface area contributed by atoms with Crippen molar-refractivity contribution in [1.82, 2.24) is 0 Å². The molecule has 0 bridgehead atoms. The van der Waals surface area contributed by atoms with Crippen LogP contribution in [0.3, 0.4) is 0 Å². The average Bonchev–Trinajstić information content (AvgIpc) is 2.38. The van der Waals surface area contributed by atoms with Crippen LogP contribution >= 0.6 is 27.3 Å². The van der Waals surface area contributed by atoms with Gasteiger partial charge < -0.3 is 0 Å². The lowest BCUT2D eigenvalue weighted by Gasteiger charge is -2.18. The van der Waals surface area contributed by atoms with Crippen LogP contribution in [0.4, 0.5) is 0 Å².